The third kappa shape index (κ3) is 6.84. The minimum atomic E-state index is 0.0257. The van der Waals surface area contributed by atoms with Gasteiger partial charge in [-0.15, -0.1) is 0 Å². The maximum atomic E-state index is 5.56. The zero-order chi connectivity index (χ0) is 10.8. The minimum absolute atomic E-state index is 0.0257. The highest BCUT2D eigenvalue weighted by Crippen LogP contribution is 2.13. The highest BCUT2D eigenvalue weighted by Gasteiger charge is 2.13. The van der Waals surface area contributed by atoms with Crippen LogP contribution in [0, 0.1) is 0 Å². The van der Waals surface area contributed by atoms with Gasteiger partial charge in [0.25, 0.3) is 0 Å². The molecule has 1 unspecified atom stereocenters. The van der Waals surface area contributed by atoms with Crippen LogP contribution in [0.25, 0.3) is 0 Å². The van der Waals surface area contributed by atoms with Gasteiger partial charge < -0.3 is 18.9 Å². The Bertz CT molecular complexity index is 135. The van der Waals surface area contributed by atoms with Crippen molar-refractivity contribution in [3.63, 3.8) is 0 Å². The summed E-state index contributed by atoms with van der Waals surface area (Å²) in [5, 5.41) is 0. The van der Waals surface area contributed by atoms with E-state index in [-0.39, 0.29) is 6.29 Å². The van der Waals surface area contributed by atoms with E-state index in [4.69, 9.17) is 18.9 Å². The molecule has 1 aliphatic rings. The Kier molecular flexibility index (Phi) is 7.83. The van der Waals surface area contributed by atoms with Gasteiger partial charge in [0.05, 0.1) is 19.8 Å². The summed E-state index contributed by atoms with van der Waals surface area (Å²) in [6, 6.07) is 0. The molecule has 1 atom stereocenters. The summed E-state index contributed by atoms with van der Waals surface area (Å²) in [5.74, 6) is 0. The first-order valence-corrected chi connectivity index (χ1v) is 5.73. The normalized spacial score (nSPS) is 21.8. The molecule has 1 saturated heterocycles. The number of ether oxygens (including phenoxy) is 4. The first-order chi connectivity index (χ1) is 7.43. The monoisotopic (exact) mass is 218 g/mol. The summed E-state index contributed by atoms with van der Waals surface area (Å²) in [7, 11) is 1.67. The smallest absolute Gasteiger partial charge is 0.157 e. The molecule has 0 radical (unpaired) electrons. The summed E-state index contributed by atoms with van der Waals surface area (Å²) < 4.78 is 21.2. The van der Waals surface area contributed by atoms with E-state index in [1.54, 1.807) is 7.11 Å². The van der Waals surface area contributed by atoms with E-state index >= 15 is 0 Å². The van der Waals surface area contributed by atoms with Crippen molar-refractivity contribution < 1.29 is 18.9 Å². The molecular weight excluding hydrogens is 196 g/mol. The fourth-order valence-electron chi connectivity index (χ4n) is 1.46. The lowest BCUT2D eigenvalue weighted by Gasteiger charge is -2.22. The maximum Gasteiger partial charge on any atom is 0.157 e. The molecule has 90 valence electrons. The van der Waals surface area contributed by atoms with Crippen molar-refractivity contribution in [3.8, 4) is 0 Å². The van der Waals surface area contributed by atoms with Crippen LogP contribution in [-0.4, -0.2) is 46.4 Å². The molecule has 0 aliphatic carbocycles. The second-order valence-electron chi connectivity index (χ2n) is 3.63. The molecular formula is C11H22O4. The fourth-order valence-corrected chi connectivity index (χ4v) is 1.46. The van der Waals surface area contributed by atoms with E-state index < -0.39 is 0 Å². The molecule has 4 nitrogen and oxygen atoms in total. The van der Waals surface area contributed by atoms with Crippen LogP contribution in [0.1, 0.15) is 25.7 Å². The Morgan fingerprint density at radius 3 is 2.80 bits per heavy atom. The zero-order valence-corrected chi connectivity index (χ0v) is 9.57. The standard InChI is InChI=1S/C11H22O4/c1-12-9-10-13-6-4-8-15-11-5-2-3-7-14-11/h11H,2-10H2,1H3. The van der Waals surface area contributed by atoms with Crippen molar-refractivity contribution >= 4 is 0 Å². The van der Waals surface area contributed by atoms with Gasteiger partial charge in [-0.25, -0.2) is 0 Å². The van der Waals surface area contributed by atoms with Crippen LogP contribution in [0.4, 0.5) is 0 Å². The lowest BCUT2D eigenvalue weighted by Crippen LogP contribution is -2.23. The van der Waals surface area contributed by atoms with Crippen LogP contribution >= 0.6 is 0 Å². The van der Waals surface area contributed by atoms with Crippen LogP contribution in [0.15, 0.2) is 0 Å². The Morgan fingerprint density at radius 1 is 1.13 bits per heavy atom. The predicted molar refractivity (Wildman–Crippen MR) is 56.9 cm³/mol. The Hall–Kier alpha value is -0.160. The van der Waals surface area contributed by atoms with Crippen LogP contribution in [0.3, 0.4) is 0 Å². The Labute approximate surface area is 91.8 Å². The average molecular weight is 218 g/mol. The molecule has 0 aromatic heterocycles. The van der Waals surface area contributed by atoms with Gasteiger partial charge in [0, 0.05) is 20.3 Å². The molecule has 0 amide bonds. The number of hydrogen-bond acceptors (Lipinski definition) is 4. The summed E-state index contributed by atoms with van der Waals surface area (Å²) in [6.45, 7) is 3.62. The first kappa shape index (κ1) is 12.9. The van der Waals surface area contributed by atoms with Crippen LogP contribution in [-0.2, 0) is 18.9 Å². The number of rotatable bonds is 8. The highest BCUT2D eigenvalue weighted by atomic mass is 16.7. The SMILES string of the molecule is COCCOCCCOC1CCCCO1. The molecule has 0 N–H and O–H groups in total. The van der Waals surface area contributed by atoms with E-state index in [1.165, 1.54) is 12.8 Å². The fraction of sp³-hybridized carbons (Fsp3) is 1.00. The average Bonchev–Trinajstić information content (AvgIpc) is 2.29. The van der Waals surface area contributed by atoms with Crippen LogP contribution in [0.2, 0.25) is 0 Å². The largest absolute Gasteiger partial charge is 0.382 e. The summed E-state index contributed by atoms with van der Waals surface area (Å²) >= 11 is 0. The van der Waals surface area contributed by atoms with Crippen LogP contribution < -0.4 is 0 Å². The molecule has 1 rings (SSSR count). The second kappa shape index (κ2) is 9.09. The summed E-state index contributed by atoms with van der Waals surface area (Å²) in [4.78, 5) is 0. The molecule has 0 aromatic rings. The van der Waals surface area contributed by atoms with E-state index in [0.29, 0.717) is 13.2 Å². The lowest BCUT2D eigenvalue weighted by molar-refractivity contribution is -0.164. The molecule has 0 aromatic carbocycles. The topological polar surface area (TPSA) is 36.9 Å². The van der Waals surface area contributed by atoms with Crippen molar-refractivity contribution in [2.45, 2.75) is 32.0 Å². The zero-order valence-electron chi connectivity index (χ0n) is 9.57. The quantitative estimate of drug-likeness (QED) is 0.580. The third-order valence-corrected chi connectivity index (χ3v) is 2.31. The molecule has 0 bridgehead atoms. The molecule has 0 saturated carbocycles. The van der Waals surface area contributed by atoms with Gasteiger partial charge in [-0.3, -0.25) is 0 Å². The van der Waals surface area contributed by atoms with Gasteiger partial charge in [0.15, 0.2) is 6.29 Å². The molecule has 1 fully saturated rings. The Morgan fingerprint density at radius 2 is 2.07 bits per heavy atom. The number of hydrogen-bond donors (Lipinski definition) is 0. The molecule has 1 heterocycles. The van der Waals surface area contributed by atoms with Crippen molar-refractivity contribution in [1.29, 1.82) is 0 Å². The predicted octanol–water partition coefficient (Wildman–Crippen LogP) is 1.58. The van der Waals surface area contributed by atoms with Crippen LogP contribution in [0.5, 0.6) is 0 Å². The highest BCUT2D eigenvalue weighted by molar-refractivity contribution is 4.53. The molecule has 0 spiro atoms. The number of methoxy groups -OCH3 is 1. The van der Waals surface area contributed by atoms with Gasteiger partial charge >= 0.3 is 0 Å². The van der Waals surface area contributed by atoms with Gasteiger partial charge in [-0.05, 0) is 25.7 Å². The van der Waals surface area contributed by atoms with Crippen molar-refractivity contribution in [3.05, 3.63) is 0 Å². The van der Waals surface area contributed by atoms with Gasteiger partial charge in [-0.1, -0.05) is 0 Å². The van der Waals surface area contributed by atoms with E-state index in [2.05, 4.69) is 0 Å². The van der Waals surface area contributed by atoms with Gasteiger partial charge in [-0.2, -0.15) is 0 Å². The third-order valence-electron chi connectivity index (χ3n) is 2.31. The van der Waals surface area contributed by atoms with Crippen molar-refractivity contribution in [2.24, 2.45) is 0 Å². The van der Waals surface area contributed by atoms with E-state index in [9.17, 15) is 0 Å². The first-order valence-electron chi connectivity index (χ1n) is 5.73. The second-order valence-corrected chi connectivity index (χ2v) is 3.63. The lowest BCUT2D eigenvalue weighted by atomic mass is 10.2. The summed E-state index contributed by atoms with van der Waals surface area (Å²) in [5.41, 5.74) is 0. The molecule has 1 aliphatic heterocycles. The van der Waals surface area contributed by atoms with E-state index in [1.807, 2.05) is 0 Å². The molecule has 4 heteroatoms. The van der Waals surface area contributed by atoms with Crippen molar-refractivity contribution in [2.75, 3.05) is 40.1 Å². The van der Waals surface area contributed by atoms with Crippen molar-refractivity contribution in [1.82, 2.24) is 0 Å². The van der Waals surface area contributed by atoms with Gasteiger partial charge in [0.1, 0.15) is 0 Å². The minimum Gasteiger partial charge on any atom is -0.382 e. The molecule has 15 heavy (non-hydrogen) atoms. The van der Waals surface area contributed by atoms with E-state index in [0.717, 1.165) is 32.7 Å². The Balaban J connectivity index is 1.79. The summed E-state index contributed by atoms with van der Waals surface area (Å²) in [6.07, 6.45) is 4.36. The maximum absolute atomic E-state index is 5.56. The van der Waals surface area contributed by atoms with Gasteiger partial charge in [0.2, 0.25) is 0 Å².